The highest BCUT2D eigenvalue weighted by molar-refractivity contribution is 7.88. The van der Waals surface area contributed by atoms with Gasteiger partial charge in [-0.1, -0.05) is 0 Å². The van der Waals surface area contributed by atoms with Gasteiger partial charge in [-0.15, -0.1) is 0 Å². The second-order valence-corrected chi connectivity index (χ2v) is 8.83. The lowest BCUT2D eigenvalue weighted by atomic mass is 10.2. The molecule has 0 atom stereocenters. The average molecular weight is 425 g/mol. The number of hydrogen-bond donors (Lipinski definition) is 1. The van der Waals surface area contributed by atoms with Gasteiger partial charge in [0.15, 0.2) is 0 Å². The minimum absolute atomic E-state index is 0.0359. The molecule has 10 heteroatoms. The second kappa shape index (κ2) is 7.03. The van der Waals surface area contributed by atoms with Gasteiger partial charge < -0.3 is 4.74 Å². The van der Waals surface area contributed by atoms with Crippen LogP contribution in [0.25, 0.3) is 16.6 Å². The van der Waals surface area contributed by atoms with Crippen LogP contribution in [-0.4, -0.2) is 30.6 Å². The lowest BCUT2D eigenvalue weighted by Crippen LogP contribution is -2.21. The van der Waals surface area contributed by atoms with Crippen LogP contribution in [0.4, 0.5) is 13.2 Å². The molecule has 1 N–H and O–H groups in total. The molecular weight excluding hydrogens is 407 g/mol. The van der Waals surface area contributed by atoms with E-state index in [9.17, 15) is 21.6 Å². The number of benzene rings is 2. The zero-order valence-corrected chi connectivity index (χ0v) is 16.2. The lowest BCUT2D eigenvalue weighted by Gasteiger charge is -2.09. The van der Waals surface area contributed by atoms with E-state index in [1.54, 1.807) is 18.2 Å². The van der Waals surface area contributed by atoms with Crippen molar-refractivity contribution >= 4 is 20.9 Å². The van der Waals surface area contributed by atoms with Gasteiger partial charge in [0.25, 0.3) is 0 Å². The molecule has 0 spiro atoms. The smallest absolute Gasteiger partial charge is 0.416 e. The first-order chi connectivity index (χ1) is 13.6. The predicted octanol–water partition coefficient (Wildman–Crippen LogP) is 3.63. The van der Waals surface area contributed by atoms with Crippen LogP contribution in [0.2, 0.25) is 0 Å². The average Bonchev–Trinajstić information content (AvgIpc) is 3.38. The zero-order chi connectivity index (χ0) is 20.8. The number of rotatable bonds is 6. The van der Waals surface area contributed by atoms with Crippen LogP contribution in [0.5, 0.6) is 5.75 Å². The minimum atomic E-state index is -4.43. The Morgan fingerprint density at radius 3 is 2.45 bits per heavy atom. The van der Waals surface area contributed by atoms with Crippen molar-refractivity contribution in [2.45, 2.75) is 31.7 Å². The molecule has 0 unspecified atom stereocenters. The Kier molecular flexibility index (Phi) is 4.78. The SMILES string of the molecule is CS(=O)(=O)NCc1nn(-c2ccc(C(F)(F)F)cc2)c2cc(OC3CC3)ccc12. The van der Waals surface area contributed by atoms with Crippen LogP contribution in [0, 0.1) is 0 Å². The number of hydrogen-bond acceptors (Lipinski definition) is 4. The maximum atomic E-state index is 12.9. The number of alkyl halides is 3. The van der Waals surface area contributed by atoms with Gasteiger partial charge in [0, 0.05) is 11.5 Å². The van der Waals surface area contributed by atoms with Gasteiger partial charge >= 0.3 is 6.18 Å². The quantitative estimate of drug-likeness (QED) is 0.655. The Hall–Kier alpha value is -2.59. The van der Waals surface area contributed by atoms with Gasteiger partial charge in [0.1, 0.15) is 5.75 Å². The van der Waals surface area contributed by atoms with E-state index in [0.717, 1.165) is 31.2 Å². The Balaban J connectivity index is 1.77. The van der Waals surface area contributed by atoms with Gasteiger partial charge in [0.2, 0.25) is 10.0 Å². The first-order valence-electron chi connectivity index (χ1n) is 8.91. The highest BCUT2D eigenvalue weighted by Crippen LogP contribution is 2.33. The van der Waals surface area contributed by atoms with Crippen molar-refractivity contribution < 1.29 is 26.3 Å². The molecular formula is C19H18F3N3O3S. The predicted molar refractivity (Wildman–Crippen MR) is 101 cm³/mol. The van der Waals surface area contributed by atoms with Crippen LogP contribution in [0.3, 0.4) is 0 Å². The third kappa shape index (κ3) is 4.54. The first-order valence-corrected chi connectivity index (χ1v) is 10.8. The first kappa shape index (κ1) is 19.7. The fourth-order valence-corrected chi connectivity index (χ4v) is 3.33. The molecule has 0 aliphatic heterocycles. The van der Waals surface area contributed by atoms with Gasteiger partial charge in [-0.2, -0.15) is 18.3 Å². The molecule has 1 aliphatic carbocycles. The molecule has 0 radical (unpaired) electrons. The molecule has 1 aromatic heterocycles. The summed E-state index contributed by atoms with van der Waals surface area (Å²) in [6.07, 6.45) is -1.23. The summed E-state index contributed by atoms with van der Waals surface area (Å²) in [7, 11) is -3.43. The van der Waals surface area contributed by atoms with Crippen LogP contribution in [-0.2, 0) is 22.7 Å². The fourth-order valence-electron chi connectivity index (χ4n) is 2.93. The molecule has 6 nitrogen and oxygen atoms in total. The van der Waals surface area contributed by atoms with Crippen molar-refractivity contribution in [3.05, 3.63) is 53.7 Å². The van der Waals surface area contributed by atoms with E-state index in [1.807, 2.05) is 0 Å². The van der Waals surface area contributed by atoms with Crippen LogP contribution in [0.15, 0.2) is 42.5 Å². The maximum absolute atomic E-state index is 12.9. The number of nitrogens with one attached hydrogen (secondary N) is 1. The minimum Gasteiger partial charge on any atom is -0.490 e. The number of halogens is 3. The summed E-state index contributed by atoms with van der Waals surface area (Å²) in [5, 5.41) is 5.13. The molecule has 1 aliphatic rings. The van der Waals surface area contributed by atoms with Crippen LogP contribution < -0.4 is 9.46 Å². The number of aromatic nitrogens is 2. The van der Waals surface area contributed by atoms with Crippen LogP contribution in [0.1, 0.15) is 24.1 Å². The Bertz CT molecular complexity index is 1150. The molecule has 1 heterocycles. The standard InChI is InChI=1S/C19H18F3N3O3S/c1-29(26,27)23-11-17-16-9-8-15(28-14-6-7-14)10-18(16)25(24-17)13-4-2-12(3-5-13)19(20,21)22/h2-5,8-10,14,23H,6-7,11H2,1H3. The molecule has 1 saturated carbocycles. The summed E-state index contributed by atoms with van der Waals surface area (Å²) in [5.74, 6) is 0.635. The summed E-state index contributed by atoms with van der Waals surface area (Å²) in [5.41, 5.74) is 0.753. The molecule has 29 heavy (non-hydrogen) atoms. The van der Waals surface area contributed by atoms with E-state index in [2.05, 4.69) is 9.82 Å². The summed E-state index contributed by atoms with van der Waals surface area (Å²) < 4.78 is 71.2. The molecule has 3 aromatic rings. The van der Waals surface area contributed by atoms with Gasteiger partial charge in [-0.25, -0.2) is 17.8 Å². The number of nitrogens with zero attached hydrogens (tertiary/aromatic N) is 2. The molecule has 0 bridgehead atoms. The van der Waals surface area contributed by atoms with Gasteiger partial charge in [0.05, 0.1) is 41.4 Å². The maximum Gasteiger partial charge on any atom is 0.416 e. The second-order valence-electron chi connectivity index (χ2n) is 6.99. The summed E-state index contributed by atoms with van der Waals surface area (Å²) in [6, 6.07) is 9.96. The zero-order valence-electron chi connectivity index (χ0n) is 15.4. The van der Waals surface area contributed by atoms with Crippen molar-refractivity contribution in [2.75, 3.05) is 6.26 Å². The molecule has 4 rings (SSSR count). The summed E-state index contributed by atoms with van der Waals surface area (Å²) >= 11 is 0. The van der Waals surface area contributed by atoms with E-state index in [0.29, 0.717) is 28.0 Å². The van der Waals surface area contributed by atoms with Crippen LogP contribution >= 0.6 is 0 Å². The summed E-state index contributed by atoms with van der Waals surface area (Å²) in [6.45, 7) is -0.0359. The Morgan fingerprint density at radius 2 is 1.86 bits per heavy atom. The van der Waals surface area contributed by atoms with Crippen molar-refractivity contribution in [3.8, 4) is 11.4 Å². The Labute approximate surface area is 165 Å². The van der Waals surface area contributed by atoms with Crippen molar-refractivity contribution in [1.82, 2.24) is 14.5 Å². The normalized spacial score (nSPS) is 15.0. The number of sulfonamides is 1. The number of fused-ring (bicyclic) bond motifs is 1. The molecule has 1 fully saturated rings. The van der Waals surface area contributed by atoms with Crippen molar-refractivity contribution in [1.29, 1.82) is 0 Å². The van der Waals surface area contributed by atoms with Crippen molar-refractivity contribution in [2.24, 2.45) is 0 Å². The van der Waals surface area contributed by atoms with E-state index in [1.165, 1.54) is 16.8 Å². The van der Waals surface area contributed by atoms with E-state index in [4.69, 9.17) is 4.74 Å². The van der Waals surface area contributed by atoms with E-state index >= 15 is 0 Å². The highest BCUT2D eigenvalue weighted by atomic mass is 32.2. The number of ether oxygens (including phenoxy) is 1. The monoisotopic (exact) mass is 425 g/mol. The Morgan fingerprint density at radius 1 is 1.17 bits per heavy atom. The van der Waals surface area contributed by atoms with Crippen molar-refractivity contribution in [3.63, 3.8) is 0 Å². The highest BCUT2D eigenvalue weighted by Gasteiger charge is 2.30. The topological polar surface area (TPSA) is 73.2 Å². The largest absolute Gasteiger partial charge is 0.490 e. The van der Waals surface area contributed by atoms with E-state index < -0.39 is 21.8 Å². The molecule has 154 valence electrons. The summed E-state index contributed by atoms with van der Waals surface area (Å²) in [4.78, 5) is 0. The van der Waals surface area contributed by atoms with E-state index in [-0.39, 0.29) is 12.6 Å². The molecule has 0 amide bonds. The third-order valence-electron chi connectivity index (χ3n) is 4.50. The van der Waals surface area contributed by atoms with Gasteiger partial charge in [-0.05, 0) is 49.2 Å². The van der Waals surface area contributed by atoms with Gasteiger partial charge in [-0.3, -0.25) is 0 Å². The lowest BCUT2D eigenvalue weighted by molar-refractivity contribution is -0.137. The third-order valence-corrected chi connectivity index (χ3v) is 5.17. The molecule has 2 aromatic carbocycles. The fraction of sp³-hybridized carbons (Fsp3) is 0.316. The molecule has 0 saturated heterocycles.